The van der Waals surface area contributed by atoms with Gasteiger partial charge in [0, 0.05) is 31.4 Å². The molecule has 6 nitrogen and oxygen atoms in total. The van der Waals surface area contributed by atoms with Crippen molar-refractivity contribution < 1.29 is 9.21 Å². The normalized spacial score (nSPS) is 21.9. The Labute approximate surface area is 136 Å². The molecule has 0 spiro atoms. The van der Waals surface area contributed by atoms with Gasteiger partial charge in [0.05, 0.1) is 18.1 Å². The number of hydrogen-bond donors (Lipinski definition) is 0. The number of aromatic nitrogens is 3. The maximum Gasteiger partial charge on any atom is 0.291 e. The van der Waals surface area contributed by atoms with Crippen LogP contribution in [0.15, 0.2) is 23.1 Å². The lowest BCUT2D eigenvalue weighted by Crippen LogP contribution is -2.43. The Morgan fingerprint density at radius 1 is 1.43 bits per heavy atom. The maximum atomic E-state index is 12.8. The first-order valence-electron chi connectivity index (χ1n) is 8.21. The lowest BCUT2D eigenvalue weighted by Gasteiger charge is -2.37. The Kier molecular flexibility index (Phi) is 4.24. The summed E-state index contributed by atoms with van der Waals surface area (Å²) in [5, 5.41) is 0. The summed E-state index contributed by atoms with van der Waals surface area (Å²) in [6, 6.07) is 0.253. The number of piperidine rings is 1. The summed E-state index contributed by atoms with van der Waals surface area (Å²) in [5.74, 6) is 1.64. The molecule has 2 unspecified atom stereocenters. The summed E-state index contributed by atoms with van der Waals surface area (Å²) in [6.07, 6.45) is 6.54. The monoisotopic (exact) mass is 316 g/mol. The maximum absolute atomic E-state index is 12.8. The van der Waals surface area contributed by atoms with Crippen molar-refractivity contribution in [2.45, 2.75) is 46.1 Å². The number of nitrogens with zero attached hydrogens (tertiary/aromatic N) is 4. The highest BCUT2D eigenvalue weighted by atomic mass is 16.4. The van der Waals surface area contributed by atoms with E-state index in [0.29, 0.717) is 29.8 Å². The molecule has 0 aromatic carbocycles. The molecule has 1 saturated heterocycles. The molecule has 0 bridgehead atoms. The zero-order valence-corrected chi connectivity index (χ0v) is 14.2. The molecular weight excluding hydrogens is 292 g/mol. The fourth-order valence-electron chi connectivity index (χ4n) is 3.09. The van der Waals surface area contributed by atoms with Crippen LogP contribution >= 0.6 is 0 Å². The topological polar surface area (TPSA) is 64.2 Å². The minimum atomic E-state index is -0.0566. The van der Waals surface area contributed by atoms with E-state index in [1.165, 1.54) is 0 Å². The third-order valence-corrected chi connectivity index (χ3v) is 4.61. The van der Waals surface area contributed by atoms with Crippen LogP contribution in [0, 0.1) is 12.8 Å². The van der Waals surface area contributed by atoms with Crippen molar-refractivity contribution in [1.82, 2.24) is 19.4 Å². The third-order valence-electron chi connectivity index (χ3n) is 4.61. The molecule has 1 fully saturated rings. The smallest absolute Gasteiger partial charge is 0.291 e. The number of amides is 1. The van der Waals surface area contributed by atoms with Gasteiger partial charge in [0.15, 0.2) is 5.89 Å². The molecule has 2 aromatic rings. The minimum Gasteiger partial charge on any atom is -0.435 e. The van der Waals surface area contributed by atoms with Gasteiger partial charge >= 0.3 is 0 Å². The Bertz CT molecular complexity index is 675. The lowest BCUT2D eigenvalue weighted by molar-refractivity contribution is 0.0586. The van der Waals surface area contributed by atoms with Gasteiger partial charge < -0.3 is 13.9 Å². The van der Waals surface area contributed by atoms with Gasteiger partial charge in [0.25, 0.3) is 5.91 Å². The summed E-state index contributed by atoms with van der Waals surface area (Å²) in [6.45, 7) is 9.51. The van der Waals surface area contributed by atoms with Crippen LogP contribution in [-0.4, -0.2) is 38.4 Å². The molecule has 1 amide bonds. The van der Waals surface area contributed by atoms with Crippen LogP contribution < -0.4 is 0 Å². The highest BCUT2D eigenvalue weighted by molar-refractivity contribution is 5.92. The lowest BCUT2D eigenvalue weighted by atomic mass is 9.93. The molecule has 23 heavy (non-hydrogen) atoms. The number of rotatable bonds is 3. The number of imidazole rings is 1. The first-order valence-corrected chi connectivity index (χ1v) is 8.21. The van der Waals surface area contributed by atoms with Crippen molar-refractivity contribution in [3.8, 4) is 0 Å². The Balaban J connectivity index is 1.80. The molecule has 1 aliphatic heterocycles. The van der Waals surface area contributed by atoms with E-state index in [-0.39, 0.29) is 17.9 Å². The summed E-state index contributed by atoms with van der Waals surface area (Å²) >= 11 is 0. The van der Waals surface area contributed by atoms with Crippen LogP contribution in [0.25, 0.3) is 0 Å². The highest BCUT2D eigenvalue weighted by Crippen LogP contribution is 2.29. The number of carbonyl (C=O) groups excluding carboxylic acids is 1. The summed E-state index contributed by atoms with van der Waals surface area (Å²) in [5.41, 5.74) is 0.677. The molecule has 6 heteroatoms. The van der Waals surface area contributed by atoms with E-state index >= 15 is 0 Å². The van der Waals surface area contributed by atoms with E-state index in [1.54, 1.807) is 6.20 Å². The van der Waals surface area contributed by atoms with Crippen molar-refractivity contribution in [2.24, 2.45) is 5.92 Å². The molecule has 0 radical (unpaired) electrons. The Morgan fingerprint density at radius 3 is 2.83 bits per heavy atom. The van der Waals surface area contributed by atoms with E-state index in [2.05, 4.69) is 21.5 Å². The largest absolute Gasteiger partial charge is 0.435 e. The third kappa shape index (κ3) is 3.02. The van der Waals surface area contributed by atoms with Gasteiger partial charge in [-0.25, -0.2) is 9.97 Å². The molecule has 0 N–H and O–H groups in total. The first kappa shape index (κ1) is 15.8. The van der Waals surface area contributed by atoms with Crippen LogP contribution in [-0.2, 0) is 0 Å². The summed E-state index contributed by atoms with van der Waals surface area (Å²) in [7, 11) is 0. The molecule has 3 rings (SSSR count). The number of hydrogen-bond acceptors (Lipinski definition) is 4. The van der Waals surface area contributed by atoms with Gasteiger partial charge in [0.2, 0.25) is 5.76 Å². The zero-order valence-electron chi connectivity index (χ0n) is 14.2. The number of carbonyl (C=O) groups is 1. The van der Waals surface area contributed by atoms with Crippen LogP contribution in [0.2, 0.25) is 0 Å². The molecule has 1 aliphatic rings. The van der Waals surface area contributed by atoms with E-state index in [9.17, 15) is 4.79 Å². The van der Waals surface area contributed by atoms with Gasteiger partial charge in [-0.05, 0) is 19.3 Å². The first-order chi connectivity index (χ1) is 11.0. The molecular formula is C17H24N4O2. The Hall–Kier alpha value is -2.11. The van der Waals surface area contributed by atoms with Gasteiger partial charge in [-0.15, -0.1) is 0 Å². The molecule has 0 aliphatic carbocycles. The second kappa shape index (κ2) is 6.18. The number of oxazole rings is 1. The fourth-order valence-corrected chi connectivity index (χ4v) is 3.09. The predicted molar refractivity (Wildman–Crippen MR) is 86.3 cm³/mol. The highest BCUT2D eigenvalue weighted by Gasteiger charge is 2.32. The van der Waals surface area contributed by atoms with Crippen molar-refractivity contribution >= 4 is 5.91 Å². The molecule has 2 aromatic heterocycles. The minimum absolute atomic E-state index is 0.0566. The van der Waals surface area contributed by atoms with E-state index in [4.69, 9.17) is 4.42 Å². The number of likely N-dealkylation sites (tertiary alicyclic amines) is 1. The predicted octanol–water partition coefficient (Wildman–Crippen LogP) is 3.03. The standard InChI is InChI=1S/C17H24N4O2/c1-11(2)16-19-13(4)15(23-16)17(22)20-7-5-12(3)14(9-20)21-8-6-18-10-21/h6,8,10-12,14H,5,7,9H2,1-4H3. The van der Waals surface area contributed by atoms with Crippen molar-refractivity contribution in [1.29, 1.82) is 0 Å². The SMILES string of the molecule is Cc1nc(C(C)C)oc1C(=O)N1CCC(C)C(n2ccnc2)C1. The van der Waals surface area contributed by atoms with Crippen molar-refractivity contribution in [3.05, 3.63) is 36.1 Å². The second-order valence-electron chi connectivity index (χ2n) is 6.72. The average molecular weight is 316 g/mol. The number of aryl methyl sites for hydroxylation is 1. The van der Waals surface area contributed by atoms with Crippen LogP contribution in [0.5, 0.6) is 0 Å². The Morgan fingerprint density at radius 2 is 2.22 bits per heavy atom. The van der Waals surface area contributed by atoms with Crippen molar-refractivity contribution in [2.75, 3.05) is 13.1 Å². The van der Waals surface area contributed by atoms with Gasteiger partial charge in [0.1, 0.15) is 0 Å². The summed E-state index contributed by atoms with van der Waals surface area (Å²) < 4.78 is 7.82. The molecule has 0 saturated carbocycles. The van der Waals surface area contributed by atoms with Crippen LogP contribution in [0.3, 0.4) is 0 Å². The van der Waals surface area contributed by atoms with E-state index < -0.39 is 0 Å². The fraction of sp³-hybridized carbons (Fsp3) is 0.588. The van der Waals surface area contributed by atoms with Gasteiger partial charge in [-0.3, -0.25) is 4.79 Å². The quantitative estimate of drug-likeness (QED) is 0.873. The van der Waals surface area contributed by atoms with Gasteiger partial charge in [-0.2, -0.15) is 0 Å². The second-order valence-corrected chi connectivity index (χ2v) is 6.72. The average Bonchev–Trinajstić information content (AvgIpc) is 3.16. The molecule has 124 valence electrons. The van der Waals surface area contributed by atoms with Crippen LogP contribution in [0.4, 0.5) is 0 Å². The zero-order chi connectivity index (χ0) is 16.6. The van der Waals surface area contributed by atoms with Crippen LogP contribution in [0.1, 0.15) is 61.3 Å². The summed E-state index contributed by atoms with van der Waals surface area (Å²) in [4.78, 5) is 23.2. The van der Waals surface area contributed by atoms with E-state index in [1.807, 2.05) is 38.2 Å². The van der Waals surface area contributed by atoms with E-state index in [0.717, 1.165) is 13.0 Å². The molecule has 2 atom stereocenters. The molecule has 3 heterocycles. The van der Waals surface area contributed by atoms with Crippen molar-refractivity contribution in [3.63, 3.8) is 0 Å². The van der Waals surface area contributed by atoms with Gasteiger partial charge in [-0.1, -0.05) is 20.8 Å².